The van der Waals surface area contributed by atoms with Gasteiger partial charge >= 0.3 is 11.9 Å². The number of hydrogen-bond acceptors (Lipinski definition) is 4. The van der Waals surface area contributed by atoms with Gasteiger partial charge < -0.3 is 9.47 Å². The number of aryl methyl sites for hydroxylation is 2. The van der Waals surface area contributed by atoms with Crippen LogP contribution < -0.4 is 0 Å². The van der Waals surface area contributed by atoms with Crippen LogP contribution in [0, 0.1) is 19.3 Å². The first-order valence-electron chi connectivity index (χ1n) is 7.54. The van der Waals surface area contributed by atoms with E-state index in [2.05, 4.69) is 32.0 Å². The first-order valence-corrected chi connectivity index (χ1v) is 7.54. The Morgan fingerprint density at radius 2 is 1.74 bits per heavy atom. The van der Waals surface area contributed by atoms with E-state index in [1.165, 1.54) is 25.3 Å². The van der Waals surface area contributed by atoms with E-state index in [0.717, 1.165) is 11.1 Å². The van der Waals surface area contributed by atoms with Crippen LogP contribution in [0.3, 0.4) is 0 Å². The average Bonchev–Trinajstić information content (AvgIpc) is 2.98. The lowest BCUT2D eigenvalue weighted by Crippen LogP contribution is -2.39. The third kappa shape index (κ3) is 3.36. The number of methoxy groups -OCH3 is 2. The highest BCUT2D eigenvalue weighted by Crippen LogP contribution is 2.40. The molecule has 0 aromatic heterocycles. The van der Waals surface area contributed by atoms with Gasteiger partial charge in [0.2, 0.25) is 0 Å². The predicted molar refractivity (Wildman–Crippen MR) is 88.7 cm³/mol. The van der Waals surface area contributed by atoms with Gasteiger partial charge in [-0.1, -0.05) is 47.6 Å². The highest BCUT2D eigenvalue weighted by atomic mass is 16.5. The molecule has 1 aliphatic carbocycles. The Hall–Kier alpha value is -2.36. The number of carbonyl (C=O) groups is 2. The second-order valence-corrected chi connectivity index (χ2v) is 5.92. The Labute approximate surface area is 136 Å². The molecule has 1 aromatic carbocycles. The van der Waals surface area contributed by atoms with Crippen molar-refractivity contribution in [2.45, 2.75) is 26.7 Å². The van der Waals surface area contributed by atoms with Gasteiger partial charge in [0.1, 0.15) is 0 Å². The molecule has 0 fully saturated rings. The zero-order chi connectivity index (χ0) is 17.0. The van der Waals surface area contributed by atoms with Gasteiger partial charge in [0.25, 0.3) is 0 Å². The molecule has 0 N–H and O–H groups in total. The van der Waals surface area contributed by atoms with Crippen molar-refractivity contribution in [1.82, 2.24) is 0 Å². The summed E-state index contributed by atoms with van der Waals surface area (Å²) in [6.45, 7) is 4.12. The van der Waals surface area contributed by atoms with E-state index >= 15 is 0 Å². The molecule has 0 bridgehead atoms. The molecule has 0 atom stereocenters. The number of allylic oxidation sites excluding steroid dienone is 3. The summed E-state index contributed by atoms with van der Waals surface area (Å²) < 4.78 is 9.61. The summed E-state index contributed by atoms with van der Waals surface area (Å²) in [5.74, 6) is -1.09. The number of hydrogen-bond donors (Lipinski definition) is 0. The van der Waals surface area contributed by atoms with Crippen molar-refractivity contribution in [2.75, 3.05) is 14.2 Å². The Balaban J connectivity index is 2.19. The van der Waals surface area contributed by atoms with Gasteiger partial charge in [-0.2, -0.15) is 0 Å². The highest BCUT2D eigenvalue weighted by molar-refractivity contribution is 6.01. The van der Waals surface area contributed by atoms with Gasteiger partial charge in [-0.15, -0.1) is 0 Å². The number of carbonyl (C=O) groups excluding carboxylic acids is 2. The lowest BCUT2D eigenvalue weighted by atomic mass is 9.84. The maximum absolute atomic E-state index is 12.1. The van der Waals surface area contributed by atoms with Gasteiger partial charge in [-0.25, -0.2) is 0 Å². The van der Waals surface area contributed by atoms with Crippen LogP contribution in [0.15, 0.2) is 35.9 Å². The topological polar surface area (TPSA) is 52.6 Å². The fraction of sp³-hybridized carbons (Fsp3) is 0.368. The van der Waals surface area contributed by atoms with Gasteiger partial charge in [0.15, 0.2) is 5.41 Å². The summed E-state index contributed by atoms with van der Waals surface area (Å²) in [6.07, 6.45) is 6.46. The minimum Gasteiger partial charge on any atom is -0.468 e. The van der Waals surface area contributed by atoms with Crippen molar-refractivity contribution >= 4 is 18.0 Å². The van der Waals surface area contributed by atoms with Crippen molar-refractivity contribution in [3.05, 3.63) is 52.6 Å². The molecule has 1 aliphatic rings. The van der Waals surface area contributed by atoms with Gasteiger partial charge in [-0.3, -0.25) is 9.59 Å². The summed E-state index contributed by atoms with van der Waals surface area (Å²) in [4.78, 5) is 24.1. The second kappa shape index (κ2) is 6.82. The molecule has 0 spiro atoms. The molecular weight excluding hydrogens is 292 g/mol. The molecule has 122 valence electrons. The number of rotatable bonds is 4. The zero-order valence-electron chi connectivity index (χ0n) is 14.0. The van der Waals surface area contributed by atoms with Crippen molar-refractivity contribution in [2.24, 2.45) is 5.41 Å². The fourth-order valence-electron chi connectivity index (χ4n) is 2.92. The first kappa shape index (κ1) is 17.0. The molecule has 0 unspecified atom stereocenters. The summed E-state index contributed by atoms with van der Waals surface area (Å²) in [5.41, 5.74) is 3.21. The summed E-state index contributed by atoms with van der Waals surface area (Å²) in [7, 11) is 2.58. The maximum Gasteiger partial charge on any atom is 0.323 e. The van der Waals surface area contributed by atoms with E-state index in [1.54, 1.807) is 0 Å². The lowest BCUT2D eigenvalue weighted by molar-refractivity contribution is -0.168. The van der Waals surface area contributed by atoms with Crippen LogP contribution in [0.4, 0.5) is 0 Å². The normalized spacial score (nSPS) is 16.3. The van der Waals surface area contributed by atoms with E-state index in [1.807, 2.05) is 18.2 Å². The molecular formula is C19H22O4. The molecule has 4 heteroatoms. The number of benzene rings is 1. The van der Waals surface area contributed by atoms with Crippen molar-refractivity contribution < 1.29 is 19.1 Å². The zero-order valence-corrected chi connectivity index (χ0v) is 14.0. The number of ether oxygens (including phenoxy) is 2. The minimum atomic E-state index is -1.24. The third-order valence-electron chi connectivity index (χ3n) is 4.27. The van der Waals surface area contributed by atoms with E-state index < -0.39 is 17.4 Å². The molecule has 2 rings (SSSR count). The van der Waals surface area contributed by atoms with Gasteiger partial charge in [-0.05, 0) is 37.8 Å². The van der Waals surface area contributed by atoms with Crippen molar-refractivity contribution in [3.63, 3.8) is 0 Å². The second-order valence-electron chi connectivity index (χ2n) is 5.92. The smallest absolute Gasteiger partial charge is 0.323 e. The van der Waals surface area contributed by atoms with Crippen molar-refractivity contribution in [3.8, 4) is 0 Å². The van der Waals surface area contributed by atoms with E-state index in [0.29, 0.717) is 12.8 Å². The molecule has 0 saturated heterocycles. The SMILES string of the molecule is COC(=O)C1(C(=O)OC)CC=C(/C=C\c2ccc(C)cc2C)C1. The van der Waals surface area contributed by atoms with Crippen LogP contribution in [0.25, 0.3) is 6.08 Å². The summed E-state index contributed by atoms with van der Waals surface area (Å²) in [5, 5.41) is 0. The Kier molecular flexibility index (Phi) is 5.04. The van der Waals surface area contributed by atoms with Crippen molar-refractivity contribution in [1.29, 1.82) is 0 Å². The fourth-order valence-corrected chi connectivity index (χ4v) is 2.92. The van der Waals surface area contributed by atoms with E-state index in [-0.39, 0.29) is 0 Å². The molecule has 1 aromatic rings. The van der Waals surface area contributed by atoms with Crippen LogP contribution in [0.1, 0.15) is 29.5 Å². The van der Waals surface area contributed by atoms with E-state index in [9.17, 15) is 9.59 Å². The predicted octanol–water partition coefficient (Wildman–Crippen LogP) is 3.37. The average molecular weight is 314 g/mol. The first-order chi connectivity index (χ1) is 10.9. The molecule has 0 saturated carbocycles. The maximum atomic E-state index is 12.1. The Bertz CT molecular complexity index is 667. The summed E-state index contributed by atoms with van der Waals surface area (Å²) in [6, 6.07) is 6.24. The molecule has 0 heterocycles. The van der Waals surface area contributed by atoms with Crippen LogP contribution >= 0.6 is 0 Å². The molecule has 4 nitrogen and oxygen atoms in total. The van der Waals surface area contributed by atoms with Gasteiger partial charge in [0, 0.05) is 0 Å². The standard InChI is InChI=1S/C19H22O4/c1-13-5-7-16(14(2)11-13)8-6-15-9-10-19(12-15,17(20)22-3)18(21)23-4/h5-9,11H,10,12H2,1-4H3/b8-6-. The lowest BCUT2D eigenvalue weighted by Gasteiger charge is -2.22. The summed E-state index contributed by atoms with van der Waals surface area (Å²) >= 11 is 0. The Morgan fingerprint density at radius 1 is 1.09 bits per heavy atom. The monoisotopic (exact) mass is 314 g/mol. The number of esters is 2. The molecule has 0 radical (unpaired) electrons. The van der Waals surface area contributed by atoms with Crippen LogP contribution in [-0.4, -0.2) is 26.2 Å². The highest BCUT2D eigenvalue weighted by Gasteiger charge is 2.50. The van der Waals surface area contributed by atoms with Crippen LogP contribution in [0.2, 0.25) is 0 Å². The molecule has 0 aliphatic heterocycles. The van der Waals surface area contributed by atoms with Crippen LogP contribution in [-0.2, 0) is 19.1 Å². The quantitative estimate of drug-likeness (QED) is 0.631. The minimum absolute atomic E-state index is 0.299. The largest absolute Gasteiger partial charge is 0.468 e. The van der Waals surface area contributed by atoms with Gasteiger partial charge in [0.05, 0.1) is 14.2 Å². The Morgan fingerprint density at radius 3 is 2.30 bits per heavy atom. The van der Waals surface area contributed by atoms with E-state index in [4.69, 9.17) is 9.47 Å². The molecule has 0 amide bonds. The molecule has 23 heavy (non-hydrogen) atoms. The third-order valence-corrected chi connectivity index (χ3v) is 4.27. The van der Waals surface area contributed by atoms with Crippen LogP contribution in [0.5, 0.6) is 0 Å².